The van der Waals surface area contributed by atoms with Crippen LogP contribution in [0, 0.1) is 18.6 Å². The summed E-state index contributed by atoms with van der Waals surface area (Å²) in [6.45, 7) is 3.51. The predicted octanol–water partition coefficient (Wildman–Crippen LogP) is 4.55. The molecule has 0 saturated carbocycles. The van der Waals surface area contributed by atoms with Crippen molar-refractivity contribution in [3.05, 3.63) is 105 Å². The molecule has 1 heterocycles. The van der Waals surface area contributed by atoms with E-state index < -0.39 is 166 Å². The van der Waals surface area contributed by atoms with Gasteiger partial charge in [-0.25, -0.2) is 13.6 Å². The average molecular weight is 1180 g/mol. The zero-order valence-electron chi connectivity index (χ0n) is 46.7. The van der Waals surface area contributed by atoms with E-state index in [0.29, 0.717) is 5.56 Å². The van der Waals surface area contributed by atoms with Gasteiger partial charge in [0.2, 0.25) is 27.2 Å². The van der Waals surface area contributed by atoms with Crippen molar-refractivity contribution in [1.82, 2.24) is 0 Å². The molecule has 4 aromatic rings. The van der Waals surface area contributed by atoms with Crippen LogP contribution in [-0.2, 0) is 102 Å². The second-order valence-electron chi connectivity index (χ2n) is 18.8. The quantitative estimate of drug-likeness (QED) is 0.0289. The zero-order valence-corrected chi connectivity index (χ0v) is 46.7. The average Bonchev–Trinajstić information content (AvgIpc) is 1.32. The van der Waals surface area contributed by atoms with Crippen molar-refractivity contribution in [2.75, 3.05) is 76.4 Å². The Morgan fingerprint density at radius 1 is 0.476 bits per heavy atom. The number of carbonyl (C=O) groups is 11. The van der Waals surface area contributed by atoms with Crippen LogP contribution in [0.2, 0.25) is 0 Å². The molecule has 0 radical (unpaired) electrons. The third kappa shape index (κ3) is 15.4. The molecular formula is C56H56F2N2O24. The Balaban J connectivity index is 1.55. The first kappa shape index (κ1) is 63.3. The van der Waals surface area contributed by atoms with Crippen LogP contribution in [0.3, 0.4) is 0 Å². The summed E-state index contributed by atoms with van der Waals surface area (Å²) in [6, 6.07) is 11.1. The fourth-order valence-electron chi connectivity index (χ4n) is 8.89. The first-order chi connectivity index (χ1) is 39.6. The van der Waals surface area contributed by atoms with E-state index in [2.05, 4.69) is 0 Å². The number of anilines is 2. The Morgan fingerprint density at radius 3 is 1.29 bits per heavy atom. The first-order valence-electron chi connectivity index (χ1n) is 25.1. The van der Waals surface area contributed by atoms with Crippen LogP contribution in [-0.4, -0.2) is 132 Å². The lowest BCUT2D eigenvalue weighted by atomic mass is 9.61. The molecule has 4 aromatic carbocycles. The Bertz CT molecular complexity index is 3160. The number of carbonyl (C=O) groups excluding carboxylic acids is 11. The highest BCUT2D eigenvalue weighted by atomic mass is 19.1. The molecule has 0 unspecified atom stereocenters. The van der Waals surface area contributed by atoms with Gasteiger partial charge in [-0.3, -0.25) is 47.9 Å². The number of hydrogen-bond acceptors (Lipinski definition) is 26. The number of nitrogens with zero attached hydrogens (tertiary/aromatic N) is 2. The maximum atomic E-state index is 16.6. The maximum absolute atomic E-state index is 16.6. The van der Waals surface area contributed by atoms with E-state index in [-0.39, 0.29) is 56.3 Å². The van der Waals surface area contributed by atoms with Gasteiger partial charge in [0, 0.05) is 63.6 Å². The standard InChI is InChI=1S/C56H56F2N2O24/c1-29-10-12-43(59(21-48(67)78-25-74-30(2)61)22-49(68)79-26-75-31(3)62)47(16-29)73-15-14-72-44-13-11-36-52(53(44)60(23-50(69)80-27-76-32(4)63)24-51(70)81-28-77-33(5)64)56(84-54(36)71)39-17-41(57)45(82-34(6)65)19-37(39)55(8,9)38-20-46(83-35(7)66)42(58)18-40(38)56/h10-13,16-20H,14-15,21-28H2,1-9H3. The third-order valence-corrected chi connectivity index (χ3v) is 12.3. The molecule has 84 heavy (non-hydrogen) atoms. The molecule has 26 nitrogen and oxygen atoms in total. The molecule has 6 rings (SSSR count). The van der Waals surface area contributed by atoms with E-state index in [1.54, 1.807) is 26.8 Å². The maximum Gasteiger partial charge on any atom is 0.340 e. The van der Waals surface area contributed by atoms with Gasteiger partial charge in [0.25, 0.3) is 0 Å². The van der Waals surface area contributed by atoms with Gasteiger partial charge in [-0.15, -0.1) is 0 Å². The number of rotatable bonds is 25. The summed E-state index contributed by atoms with van der Waals surface area (Å²) < 4.78 is 102. The Labute approximate surface area is 476 Å². The molecule has 0 saturated heterocycles. The topological polar surface area (TPSA) is 314 Å². The monoisotopic (exact) mass is 1180 g/mol. The minimum Gasteiger partial charge on any atom is -0.488 e. The van der Waals surface area contributed by atoms with Gasteiger partial charge in [-0.05, 0) is 72.1 Å². The molecule has 1 aliphatic carbocycles. The Morgan fingerprint density at radius 2 is 0.881 bits per heavy atom. The fourth-order valence-corrected chi connectivity index (χ4v) is 8.89. The van der Waals surface area contributed by atoms with Crippen molar-refractivity contribution in [3.63, 3.8) is 0 Å². The van der Waals surface area contributed by atoms with E-state index >= 15 is 8.78 Å². The molecule has 0 aromatic heterocycles. The number of fused-ring (bicyclic) bond motifs is 6. The molecule has 0 N–H and O–H groups in total. The molecule has 0 fully saturated rings. The molecule has 0 amide bonds. The van der Waals surface area contributed by atoms with E-state index in [4.69, 9.17) is 61.6 Å². The van der Waals surface area contributed by atoms with Crippen molar-refractivity contribution >= 4 is 77.0 Å². The van der Waals surface area contributed by atoms with Crippen LogP contribution in [0.5, 0.6) is 23.0 Å². The highest BCUT2D eigenvalue weighted by molar-refractivity contribution is 6.01. The van der Waals surface area contributed by atoms with Gasteiger partial charge < -0.3 is 71.4 Å². The van der Waals surface area contributed by atoms with Crippen LogP contribution >= 0.6 is 0 Å². The Kier molecular flexibility index (Phi) is 20.5. The van der Waals surface area contributed by atoms with E-state index in [1.165, 1.54) is 29.2 Å². The van der Waals surface area contributed by atoms with Crippen LogP contribution in [0.25, 0.3) is 0 Å². The highest BCUT2D eigenvalue weighted by Gasteiger charge is 2.59. The molecule has 0 atom stereocenters. The molecule has 28 heteroatoms. The smallest absolute Gasteiger partial charge is 0.340 e. The van der Waals surface area contributed by atoms with E-state index in [1.807, 2.05) is 0 Å². The van der Waals surface area contributed by atoms with Gasteiger partial charge in [0.1, 0.15) is 50.9 Å². The zero-order chi connectivity index (χ0) is 61.8. The summed E-state index contributed by atoms with van der Waals surface area (Å²) in [5, 5.41) is 0. The molecule has 448 valence electrons. The fraction of sp³-hybridized carbons (Fsp3) is 0.375. The summed E-state index contributed by atoms with van der Waals surface area (Å²) in [6.07, 6.45) is 0. The predicted molar refractivity (Wildman–Crippen MR) is 277 cm³/mol. The summed E-state index contributed by atoms with van der Waals surface area (Å²) in [5.74, 6) is -14.4. The van der Waals surface area contributed by atoms with E-state index in [0.717, 1.165) is 70.7 Å². The summed E-state index contributed by atoms with van der Waals surface area (Å²) in [7, 11) is 0. The van der Waals surface area contributed by atoms with Gasteiger partial charge in [0.15, 0.2) is 28.7 Å². The minimum absolute atomic E-state index is 0.0160. The largest absolute Gasteiger partial charge is 0.488 e. The lowest BCUT2D eigenvalue weighted by Gasteiger charge is -2.45. The van der Waals surface area contributed by atoms with Crippen LogP contribution < -0.4 is 28.7 Å². The van der Waals surface area contributed by atoms with Gasteiger partial charge in [0.05, 0.1) is 16.9 Å². The molecule has 0 bridgehead atoms. The minimum atomic E-state index is -2.54. The van der Waals surface area contributed by atoms with Crippen molar-refractivity contribution in [1.29, 1.82) is 0 Å². The van der Waals surface area contributed by atoms with Gasteiger partial charge in [-0.1, -0.05) is 19.9 Å². The normalized spacial score (nSPS) is 12.8. The molecule has 1 spiro atoms. The lowest BCUT2D eigenvalue weighted by Crippen LogP contribution is -2.44. The number of halogens is 2. The number of benzene rings is 4. The number of hydrogen-bond donors (Lipinski definition) is 0. The van der Waals surface area contributed by atoms with Gasteiger partial charge in [-0.2, -0.15) is 0 Å². The molecule has 1 aliphatic heterocycles. The lowest BCUT2D eigenvalue weighted by molar-refractivity contribution is -0.167. The van der Waals surface area contributed by atoms with Crippen LogP contribution in [0.15, 0.2) is 54.6 Å². The summed E-state index contributed by atoms with van der Waals surface area (Å²) in [5.41, 5.74) is -4.56. The molecular weight excluding hydrogens is 1120 g/mol. The first-order valence-corrected chi connectivity index (χ1v) is 25.1. The van der Waals surface area contributed by atoms with Crippen molar-refractivity contribution < 1.29 is 123 Å². The Hall–Kier alpha value is -9.89. The highest BCUT2D eigenvalue weighted by Crippen LogP contribution is 2.61. The second-order valence-corrected chi connectivity index (χ2v) is 18.8. The van der Waals surface area contributed by atoms with Gasteiger partial charge >= 0.3 is 65.7 Å². The van der Waals surface area contributed by atoms with Crippen molar-refractivity contribution in [2.24, 2.45) is 0 Å². The van der Waals surface area contributed by atoms with Crippen molar-refractivity contribution in [3.8, 4) is 23.0 Å². The van der Waals surface area contributed by atoms with Crippen LogP contribution in [0.1, 0.15) is 99.1 Å². The second kappa shape index (κ2) is 27.3. The van der Waals surface area contributed by atoms with E-state index in [9.17, 15) is 52.7 Å². The summed E-state index contributed by atoms with van der Waals surface area (Å²) >= 11 is 0. The number of aryl methyl sites for hydroxylation is 1. The number of ether oxygens (including phenoxy) is 13. The van der Waals surface area contributed by atoms with Crippen molar-refractivity contribution in [2.45, 2.75) is 73.3 Å². The summed E-state index contributed by atoms with van der Waals surface area (Å²) in [4.78, 5) is 141. The van der Waals surface area contributed by atoms with Crippen LogP contribution in [0.4, 0.5) is 20.2 Å². The third-order valence-electron chi connectivity index (χ3n) is 12.3. The number of esters is 11. The molecule has 2 aliphatic rings. The SMILES string of the molecule is CC(=O)OCOC(=O)CN(CC(=O)OCOC(C)=O)c1ccc(C)cc1OCCOc1ccc2c(c1N(CC(=O)OCOC(C)=O)CC(=O)OCOC(C)=O)C1(OC2=O)c2cc(F)c(OC(C)=O)cc2C(C)(C)c2cc(OC(C)=O)c(F)cc21.